The third-order valence-electron chi connectivity index (χ3n) is 3.46. The van der Waals surface area contributed by atoms with Gasteiger partial charge in [0.15, 0.2) is 0 Å². The van der Waals surface area contributed by atoms with Crippen LogP contribution < -0.4 is 9.47 Å². The van der Waals surface area contributed by atoms with Crippen LogP contribution in [0.1, 0.15) is 15.9 Å². The van der Waals surface area contributed by atoms with E-state index in [1.807, 2.05) is 6.07 Å². The number of benzene rings is 3. The van der Waals surface area contributed by atoms with E-state index >= 15 is 0 Å². The summed E-state index contributed by atoms with van der Waals surface area (Å²) in [4.78, 5) is 12.4. The number of ether oxygens (including phenoxy) is 2. The fourth-order valence-electron chi connectivity index (χ4n) is 2.21. The highest BCUT2D eigenvalue weighted by atomic mass is 35.5. The van der Waals surface area contributed by atoms with Gasteiger partial charge in [0.1, 0.15) is 23.7 Å². The topological polar surface area (TPSA) is 35.5 Å². The van der Waals surface area contributed by atoms with Gasteiger partial charge in [0.05, 0.1) is 0 Å². The fourth-order valence-corrected chi connectivity index (χ4v) is 2.67. The maximum absolute atomic E-state index is 12.4. The van der Waals surface area contributed by atoms with Crippen molar-refractivity contribution in [2.75, 3.05) is 0 Å². The molecule has 0 aliphatic carbocycles. The van der Waals surface area contributed by atoms with Crippen LogP contribution in [0.2, 0.25) is 10.0 Å². The Balaban J connectivity index is 1.75. The smallest absolute Gasteiger partial charge is 0.347 e. The van der Waals surface area contributed by atoms with Crippen molar-refractivity contribution in [3.8, 4) is 11.5 Å². The van der Waals surface area contributed by atoms with Crippen LogP contribution in [0, 0.1) is 0 Å². The molecule has 3 nitrogen and oxygen atoms in total. The van der Waals surface area contributed by atoms with Crippen LogP contribution >= 0.6 is 23.2 Å². The number of esters is 1. The summed E-state index contributed by atoms with van der Waals surface area (Å²) in [5.74, 6) is 0.418. The molecule has 0 fully saturated rings. The zero-order valence-corrected chi connectivity index (χ0v) is 14.6. The van der Waals surface area contributed by atoms with Crippen molar-refractivity contribution < 1.29 is 14.3 Å². The van der Waals surface area contributed by atoms with Gasteiger partial charge in [-0.2, -0.15) is 0 Å². The molecule has 0 bridgehead atoms. The summed E-state index contributed by atoms with van der Waals surface area (Å²) >= 11 is 12.0. The average molecular weight is 373 g/mol. The zero-order chi connectivity index (χ0) is 17.6. The summed E-state index contributed by atoms with van der Waals surface area (Å²) in [6, 6.07) is 21.0. The van der Waals surface area contributed by atoms with Crippen molar-refractivity contribution in [2.45, 2.75) is 6.61 Å². The Morgan fingerprint density at radius 1 is 0.880 bits per heavy atom. The summed E-state index contributed by atoms with van der Waals surface area (Å²) in [6.07, 6.45) is 0. The maximum Gasteiger partial charge on any atom is 0.347 e. The standard InChI is InChI=1S/C20H14Cl2O3/c21-15-11-10-14(18(22)12-15)13-24-19-9-5-4-8-17(19)20(23)25-16-6-2-1-3-7-16/h1-12H,13H2. The molecule has 0 saturated heterocycles. The van der Waals surface area contributed by atoms with E-state index in [4.69, 9.17) is 32.7 Å². The number of rotatable bonds is 5. The molecule has 3 aromatic carbocycles. The maximum atomic E-state index is 12.4. The lowest BCUT2D eigenvalue weighted by molar-refractivity contribution is 0.0729. The largest absolute Gasteiger partial charge is 0.488 e. The van der Waals surface area contributed by atoms with Crippen LogP contribution in [0.3, 0.4) is 0 Å². The van der Waals surface area contributed by atoms with Gasteiger partial charge in [-0.25, -0.2) is 4.79 Å². The van der Waals surface area contributed by atoms with Crippen molar-refractivity contribution >= 4 is 29.2 Å². The van der Waals surface area contributed by atoms with E-state index in [-0.39, 0.29) is 6.61 Å². The predicted molar refractivity (Wildman–Crippen MR) is 98.6 cm³/mol. The molecule has 126 valence electrons. The van der Waals surface area contributed by atoms with Crippen LogP contribution in [-0.2, 0) is 6.61 Å². The second-order valence-electron chi connectivity index (χ2n) is 5.22. The molecule has 0 aliphatic heterocycles. The Morgan fingerprint density at radius 2 is 1.60 bits per heavy atom. The quantitative estimate of drug-likeness (QED) is 0.419. The molecule has 0 saturated carbocycles. The molecule has 0 unspecified atom stereocenters. The molecule has 25 heavy (non-hydrogen) atoms. The number of carbonyl (C=O) groups is 1. The first-order valence-corrected chi connectivity index (χ1v) is 8.32. The van der Waals surface area contributed by atoms with Gasteiger partial charge in [0.25, 0.3) is 0 Å². The van der Waals surface area contributed by atoms with Crippen molar-refractivity contribution in [3.05, 3.63) is 94.0 Å². The number of hydrogen-bond donors (Lipinski definition) is 0. The van der Waals surface area contributed by atoms with Crippen molar-refractivity contribution in [3.63, 3.8) is 0 Å². The number of para-hydroxylation sites is 2. The van der Waals surface area contributed by atoms with Crippen molar-refractivity contribution in [1.82, 2.24) is 0 Å². The van der Waals surface area contributed by atoms with Crippen LogP contribution in [0.15, 0.2) is 72.8 Å². The first-order valence-electron chi connectivity index (χ1n) is 7.56. The Kier molecular flexibility index (Phi) is 5.59. The van der Waals surface area contributed by atoms with E-state index in [1.54, 1.807) is 66.7 Å². The van der Waals surface area contributed by atoms with E-state index in [1.165, 1.54) is 0 Å². The van der Waals surface area contributed by atoms with Gasteiger partial charge in [-0.1, -0.05) is 59.6 Å². The Hall–Kier alpha value is -2.49. The zero-order valence-electron chi connectivity index (χ0n) is 13.1. The summed E-state index contributed by atoms with van der Waals surface area (Å²) in [5.41, 5.74) is 1.12. The number of hydrogen-bond acceptors (Lipinski definition) is 3. The van der Waals surface area contributed by atoms with E-state index in [2.05, 4.69) is 0 Å². The van der Waals surface area contributed by atoms with Crippen LogP contribution in [-0.4, -0.2) is 5.97 Å². The molecule has 0 spiro atoms. The van der Waals surface area contributed by atoms with Crippen molar-refractivity contribution in [1.29, 1.82) is 0 Å². The van der Waals surface area contributed by atoms with Gasteiger partial charge >= 0.3 is 5.97 Å². The monoisotopic (exact) mass is 372 g/mol. The summed E-state index contributed by atoms with van der Waals surface area (Å²) in [7, 11) is 0. The van der Waals surface area contributed by atoms with Gasteiger partial charge in [-0.3, -0.25) is 0 Å². The number of halogens is 2. The van der Waals surface area contributed by atoms with Crippen LogP contribution in [0.5, 0.6) is 11.5 Å². The van der Waals surface area contributed by atoms with Gasteiger partial charge < -0.3 is 9.47 Å². The van der Waals surface area contributed by atoms with E-state index in [9.17, 15) is 4.79 Å². The lowest BCUT2D eigenvalue weighted by Gasteiger charge is -2.12. The molecule has 5 heteroatoms. The highest BCUT2D eigenvalue weighted by molar-refractivity contribution is 6.35. The molecule has 0 N–H and O–H groups in total. The van der Waals surface area contributed by atoms with Gasteiger partial charge in [0.2, 0.25) is 0 Å². The second kappa shape index (κ2) is 8.06. The highest BCUT2D eigenvalue weighted by Crippen LogP contribution is 2.25. The molecule has 0 radical (unpaired) electrons. The Labute approximate surface area is 155 Å². The highest BCUT2D eigenvalue weighted by Gasteiger charge is 2.15. The SMILES string of the molecule is O=C(Oc1ccccc1)c1ccccc1OCc1ccc(Cl)cc1Cl. The summed E-state index contributed by atoms with van der Waals surface area (Å²) < 4.78 is 11.1. The normalized spacial score (nSPS) is 10.3. The van der Waals surface area contributed by atoms with Crippen LogP contribution in [0.4, 0.5) is 0 Å². The fraction of sp³-hybridized carbons (Fsp3) is 0.0500. The first kappa shape index (κ1) is 17.3. The lowest BCUT2D eigenvalue weighted by atomic mass is 10.2. The number of carbonyl (C=O) groups excluding carboxylic acids is 1. The minimum Gasteiger partial charge on any atom is -0.488 e. The molecule has 0 amide bonds. The van der Waals surface area contributed by atoms with Gasteiger partial charge in [-0.05, 0) is 36.4 Å². The third kappa shape index (κ3) is 4.53. The first-order chi connectivity index (χ1) is 12.1. The Bertz CT molecular complexity index is 879. The van der Waals surface area contributed by atoms with E-state index < -0.39 is 5.97 Å². The van der Waals surface area contributed by atoms with Crippen molar-refractivity contribution in [2.24, 2.45) is 0 Å². The van der Waals surface area contributed by atoms with Gasteiger partial charge in [0, 0.05) is 15.6 Å². The van der Waals surface area contributed by atoms with E-state index in [0.29, 0.717) is 27.1 Å². The predicted octanol–water partition coefficient (Wildman–Crippen LogP) is 5.79. The second-order valence-corrected chi connectivity index (χ2v) is 6.07. The summed E-state index contributed by atoms with van der Waals surface area (Å²) in [5, 5.41) is 1.07. The average Bonchev–Trinajstić information content (AvgIpc) is 2.62. The molecule has 3 aromatic rings. The molecular formula is C20H14Cl2O3. The molecule has 0 atom stereocenters. The molecule has 0 aliphatic rings. The minimum absolute atomic E-state index is 0.214. The molecular weight excluding hydrogens is 359 g/mol. The molecule has 0 aromatic heterocycles. The molecule has 0 heterocycles. The Morgan fingerprint density at radius 3 is 2.36 bits per heavy atom. The van der Waals surface area contributed by atoms with Gasteiger partial charge in [-0.15, -0.1) is 0 Å². The van der Waals surface area contributed by atoms with E-state index in [0.717, 1.165) is 5.56 Å². The third-order valence-corrected chi connectivity index (χ3v) is 4.05. The lowest BCUT2D eigenvalue weighted by Crippen LogP contribution is -2.11. The van der Waals surface area contributed by atoms with Crippen LogP contribution in [0.25, 0.3) is 0 Å². The molecule has 3 rings (SSSR count). The minimum atomic E-state index is -0.482. The summed E-state index contributed by atoms with van der Waals surface area (Å²) in [6.45, 7) is 0.214.